The number of benzene rings is 1. The molecule has 2 aliphatic rings. The fourth-order valence-corrected chi connectivity index (χ4v) is 3.75. The summed E-state index contributed by atoms with van der Waals surface area (Å²) in [5.41, 5.74) is 2.45. The van der Waals surface area contributed by atoms with Crippen molar-refractivity contribution in [1.82, 2.24) is 5.32 Å². The smallest absolute Gasteiger partial charge is 0.0846 e. The molecule has 25 heavy (non-hydrogen) atoms. The number of nitrogens with one attached hydrogen (secondary N) is 1. The average Bonchev–Trinajstić information content (AvgIpc) is 2.67. The van der Waals surface area contributed by atoms with Crippen LogP contribution in [0.4, 0.5) is 5.69 Å². The van der Waals surface area contributed by atoms with E-state index in [1.807, 2.05) is 7.11 Å². The van der Waals surface area contributed by atoms with Gasteiger partial charge < -0.3 is 24.8 Å². The van der Waals surface area contributed by atoms with E-state index in [4.69, 9.17) is 9.47 Å². The maximum atomic E-state index is 9.65. The predicted molar refractivity (Wildman–Crippen MR) is 100 cm³/mol. The summed E-state index contributed by atoms with van der Waals surface area (Å²) in [7, 11) is 1.81. The Morgan fingerprint density at radius 2 is 1.88 bits per heavy atom. The number of rotatable bonds is 6. The van der Waals surface area contributed by atoms with Crippen LogP contribution in [0.25, 0.3) is 0 Å². The molecule has 0 saturated carbocycles. The van der Waals surface area contributed by atoms with E-state index in [-0.39, 0.29) is 17.7 Å². The Morgan fingerprint density at radius 3 is 2.48 bits per heavy atom. The molecule has 1 atom stereocenters. The van der Waals surface area contributed by atoms with Crippen molar-refractivity contribution in [2.24, 2.45) is 0 Å². The van der Waals surface area contributed by atoms with Crippen LogP contribution in [0.15, 0.2) is 24.3 Å². The standard InChI is InChI=1S/C20H32N2O3/c1-16(21-15-20(24-2)9-13-25-14-10-20)17-3-5-18(6-4-17)22-11-7-19(23)8-12-22/h3-6,16,19,21,23H,7-15H2,1-2H3. The number of hydrogen-bond donors (Lipinski definition) is 2. The monoisotopic (exact) mass is 348 g/mol. The zero-order chi connectivity index (χ0) is 17.7. The molecule has 2 heterocycles. The number of nitrogens with zero attached hydrogens (tertiary/aromatic N) is 1. The summed E-state index contributed by atoms with van der Waals surface area (Å²) in [6.07, 6.45) is 3.50. The molecule has 0 spiro atoms. The summed E-state index contributed by atoms with van der Waals surface area (Å²) in [6.45, 7) is 6.49. The van der Waals surface area contributed by atoms with Crippen LogP contribution in [0, 0.1) is 0 Å². The van der Waals surface area contributed by atoms with E-state index in [0.717, 1.165) is 58.5 Å². The Balaban J connectivity index is 1.54. The van der Waals surface area contributed by atoms with Crippen molar-refractivity contribution < 1.29 is 14.6 Å². The number of piperidine rings is 1. The molecule has 1 aromatic rings. The van der Waals surface area contributed by atoms with Crippen LogP contribution < -0.4 is 10.2 Å². The summed E-state index contributed by atoms with van der Waals surface area (Å²) < 4.78 is 11.3. The molecule has 2 saturated heterocycles. The highest BCUT2D eigenvalue weighted by molar-refractivity contribution is 5.48. The summed E-state index contributed by atoms with van der Waals surface area (Å²) in [5.74, 6) is 0. The molecule has 0 amide bonds. The molecular formula is C20H32N2O3. The number of aliphatic hydroxyl groups is 1. The highest BCUT2D eigenvalue weighted by atomic mass is 16.5. The summed E-state index contributed by atoms with van der Waals surface area (Å²) in [4.78, 5) is 2.36. The van der Waals surface area contributed by atoms with E-state index in [1.54, 1.807) is 0 Å². The maximum Gasteiger partial charge on any atom is 0.0846 e. The average molecular weight is 348 g/mol. The first kappa shape index (κ1) is 18.6. The Kier molecular flexibility index (Phi) is 6.34. The van der Waals surface area contributed by atoms with Crippen LogP contribution >= 0.6 is 0 Å². The zero-order valence-electron chi connectivity index (χ0n) is 15.5. The number of methoxy groups -OCH3 is 1. The highest BCUT2D eigenvalue weighted by Gasteiger charge is 2.32. The van der Waals surface area contributed by atoms with Gasteiger partial charge in [0.2, 0.25) is 0 Å². The van der Waals surface area contributed by atoms with Gasteiger partial charge >= 0.3 is 0 Å². The molecule has 0 bridgehead atoms. The van der Waals surface area contributed by atoms with Gasteiger partial charge in [-0.2, -0.15) is 0 Å². The van der Waals surface area contributed by atoms with Crippen LogP contribution in [0.1, 0.15) is 44.2 Å². The predicted octanol–water partition coefficient (Wildman–Crippen LogP) is 2.49. The molecular weight excluding hydrogens is 316 g/mol. The van der Waals surface area contributed by atoms with Crippen LogP contribution in [0.3, 0.4) is 0 Å². The van der Waals surface area contributed by atoms with E-state index in [0.29, 0.717) is 0 Å². The van der Waals surface area contributed by atoms with Crippen molar-refractivity contribution in [2.45, 2.75) is 50.4 Å². The van der Waals surface area contributed by atoms with E-state index >= 15 is 0 Å². The van der Waals surface area contributed by atoms with Crippen molar-refractivity contribution >= 4 is 5.69 Å². The van der Waals surface area contributed by atoms with E-state index in [2.05, 4.69) is 41.4 Å². The van der Waals surface area contributed by atoms with Gasteiger partial charge in [-0.1, -0.05) is 12.1 Å². The zero-order valence-corrected chi connectivity index (χ0v) is 15.5. The number of anilines is 1. The third kappa shape index (κ3) is 4.73. The Morgan fingerprint density at radius 1 is 1.24 bits per heavy atom. The fraction of sp³-hybridized carbons (Fsp3) is 0.700. The lowest BCUT2D eigenvalue weighted by molar-refractivity contribution is -0.0885. The highest BCUT2D eigenvalue weighted by Crippen LogP contribution is 2.26. The molecule has 2 aliphatic heterocycles. The minimum Gasteiger partial charge on any atom is -0.393 e. The molecule has 5 nitrogen and oxygen atoms in total. The van der Waals surface area contributed by atoms with Crippen LogP contribution in [0.2, 0.25) is 0 Å². The molecule has 5 heteroatoms. The molecule has 1 unspecified atom stereocenters. The van der Waals surface area contributed by atoms with E-state index < -0.39 is 0 Å². The SMILES string of the molecule is COC1(CNC(C)c2ccc(N3CCC(O)CC3)cc2)CCOCC1. The second kappa shape index (κ2) is 8.49. The van der Waals surface area contributed by atoms with Crippen LogP contribution in [0.5, 0.6) is 0 Å². The molecule has 2 N–H and O–H groups in total. The number of hydrogen-bond acceptors (Lipinski definition) is 5. The van der Waals surface area contributed by atoms with Gasteiger partial charge in [0, 0.05) is 64.5 Å². The van der Waals surface area contributed by atoms with Gasteiger partial charge in [-0.05, 0) is 37.5 Å². The minimum absolute atomic E-state index is 0.0961. The maximum absolute atomic E-state index is 9.65. The summed E-state index contributed by atoms with van der Waals surface area (Å²) in [6, 6.07) is 9.10. The number of aliphatic hydroxyl groups excluding tert-OH is 1. The van der Waals surface area contributed by atoms with Gasteiger partial charge in [-0.3, -0.25) is 0 Å². The molecule has 2 fully saturated rings. The van der Waals surface area contributed by atoms with Crippen molar-refractivity contribution in [3.8, 4) is 0 Å². The molecule has 0 aromatic heterocycles. The quantitative estimate of drug-likeness (QED) is 0.827. The third-order valence-electron chi connectivity index (χ3n) is 5.79. The van der Waals surface area contributed by atoms with Crippen molar-refractivity contribution in [3.05, 3.63) is 29.8 Å². The summed E-state index contributed by atoms with van der Waals surface area (Å²) >= 11 is 0. The number of ether oxygens (including phenoxy) is 2. The van der Waals surface area contributed by atoms with Gasteiger partial charge in [-0.25, -0.2) is 0 Å². The topological polar surface area (TPSA) is 54.0 Å². The van der Waals surface area contributed by atoms with Gasteiger partial charge in [-0.15, -0.1) is 0 Å². The molecule has 1 aromatic carbocycles. The van der Waals surface area contributed by atoms with Gasteiger partial charge in [0.25, 0.3) is 0 Å². The first-order valence-electron chi connectivity index (χ1n) is 9.51. The molecule has 140 valence electrons. The molecule has 3 rings (SSSR count). The van der Waals surface area contributed by atoms with Crippen molar-refractivity contribution in [3.63, 3.8) is 0 Å². The van der Waals surface area contributed by atoms with Crippen LogP contribution in [-0.4, -0.2) is 56.8 Å². The van der Waals surface area contributed by atoms with E-state index in [1.165, 1.54) is 11.3 Å². The summed E-state index contributed by atoms with van der Waals surface area (Å²) in [5, 5.41) is 13.3. The molecule has 0 aliphatic carbocycles. The van der Waals surface area contributed by atoms with Crippen LogP contribution in [-0.2, 0) is 9.47 Å². The van der Waals surface area contributed by atoms with Gasteiger partial charge in [0.15, 0.2) is 0 Å². The lowest BCUT2D eigenvalue weighted by Gasteiger charge is -2.37. The Bertz CT molecular complexity index is 520. The first-order chi connectivity index (χ1) is 12.1. The Hall–Kier alpha value is -1.14. The minimum atomic E-state index is -0.127. The first-order valence-corrected chi connectivity index (χ1v) is 9.51. The largest absolute Gasteiger partial charge is 0.393 e. The lowest BCUT2D eigenvalue weighted by Crippen LogP contribution is -2.47. The van der Waals surface area contributed by atoms with Gasteiger partial charge in [0.05, 0.1) is 11.7 Å². The Labute approximate surface area is 151 Å². The van der Waals surface area contributed by atoms with Crippen molar-refractivity contribution in [2.75, 3.05) is 44.9 Å². The van der Waals surface area contributed by atoms with E-state index in [9.17, 15) is 5.11 Å². The second-order valence-corrected chi connectivity index (χ2v) is 7.41. The normalized spacial score (nSPS) is 22.8. The van der Waals surface area contributed by atoms with Gasteiger partial charge in [0.1, 0.15) is 0 Å². The third-order valence-corrected chi connectivity index (χ3v) is 5.79. The van der Waals surface area contributed by atoms with Crippen molar-refractivity contribution in [1.29, 1.82) is 0 Å². The fourth-order valence-electron chi connectivity index (χ4n) is 3.75. The lowest BCUT2D eigenvalue weighted by atomic mass is 9.93. The second-order valence-electron chi connectivity index (χ2n) is 7.41. The molecule has 0 radical (unpaired) electrons.